The molecule has 0 aliphatic heterocycles. The van der Waals surface area contributed by atoms with Crippen LogP contribution < -0.4 is 0 Å². The number of fused-ring (bicyclic) bond motifs is 5. The average Bonchev–Trinajstić information content (AvgIpc) is 3.16. The molecule has 0 bridgehead atoms. The lowest BCUT2D eigenvalue weighted by Gasteiger charge is -2.16. The van der Waals surface area contributed by atoms with Gasteiger partial charge in [-0.3, -0.25) is 15.0 Å². The molecule has 49 heavy (non-hydrogen) atoms. The summed E-state index contributed by atoms with van der Waals surface area (Å²) in [6.45, 7) is 10.1. The first-order chi connectivity index (χ1) is 24.0. The van der Waals surface area contributed by atoms with Gasteiger partial charge in [0.25, 0.3) is 0 Å². The van der Waals surface area contributed by atoms with Crippen LogP contribution >= 0.6 is 0 Å². The highest BCUT2D eigenvalue weighted by Crippen LogP contribution is 2.38. The van der Waals surface area contributed by atoms with Crippen LogP contribution in [-0.4, -0.2) is 34.9 Å². The van der Waals surface area contributed by atoms with E-state index in [1.807, 2.05) is 66.7 Å². The topological polar surface area (TPSA) is 90.2 Å². The van der Waals surface area contributed by atoms with Crippen LogP contribution in [0.4, 0.5) is 0 Å². The van der Waals surface area contributed by atoms with Gasteiger partial charge in [0.15, 0.2) is 0 Å². The van der Waals surface area contributed by atoms with E-state index in [0.29, 0.717) is 11.0 Å². The van der Waals surface area contributed by atoms with Crippen LogP contribution in [0.3, 0.4) is 0 Å². The molecular formula is C42H31N7. The molecule has 0 aliphatic rings. The number of pyridine rings is 3. The fourth-order valence-corrected chi connectivity index (χ4v) is 6.35. The maximum Gasteiger partial charge on any atom is 0.118 e. The van der Waals surface area contributed by atoms with E-state index in [9.17, 15) is 0 Å². The van der Waals surface area contributed by atoms with Crippen molar-refractivity contribution in [1.29, 1.82) is 0 Å². The van der Waals surface area contributed by atoms with Crippen LogP contribution in [-0.2, 0) is 0 Å². The molecule has 0 aliphatic carbocycles. The van der Waals surface area contributed by atoms with Crippen molar-refractivity contribution in [2.75, 3.05) is 0 Å². The Bertz CT molecular complexity index is 2630. The van der Waals surface area contributed by atoms with Gasteiger partial charge >= 0.3 is 0 Å². The predicted octanol–water partition coefficient (Wildman–Crippen LogP) is 9.83. The minimum absolute atomic E-state index is 0.692. The number of aromatic nitrogens is 7. The van der Waals surface area contributed by atoms with Gasteiger partial charge < -0.3 is 0 Å². The Morgan fingerprint density at radius 1 is 0.490 bits per heavy atom. The highest BCUT2D eigenvalue weighted by atomic mass is 14.9. The van der Waals surface area contributed by atoms with E-state index in [0.717, 1.165) is 89.1 Å². The third-order valence-corrected chi connectivity index (χ3v) is 8.98. The van der Waals surface area contributed by atoms with Gasteiger partial charge in [-0.1, -0.05) is 55.1 Å². The molecule has 5 aromatic heterocycles. The van der Waals surface area contributed by atoms with Crippen LogP contribution in [0.15, 0.2) is 128 Å². The van der Waals surface area contributed by atoms with E-state index in [4.69, 9.17) is 19.9 Å². The molecule has 0 spiro atoms. The fraction of sp³-hybridized carbons (Fsp3) is 0.0714. The SMILES string of the molecule is C=C/C=C\C=C(/C)c1ccc(-c2ccccn2)c2nc3c(C)c(C)c4nc5c(-c6ccccn6)ccc(-c6ccccn6)c5nc4c3nc12. The molecule has 0 saturated heterocycles. The summed E-state index contributed by atoms with van der Waals surface area (Å²) in [4.78, 5) is 35.6. The Morgan fingerprint density at radius 3 is 1.37 bits per heavy atom. The third-order valence-electron chi connectivity index (χ3n) is 8.98. The lowest BCUT2D eigenvalue weighted by atomic mass is 9.98. The first-order valence-corrected chi connectivity index (χ1v) is 16.1. The molecule has 0 atom stereocenters. The summed E-state index contributed by atoms with van der Waals surface area (Å²) in [5.74, 6) is 0. The average molecular weight is 634 g/mol. The van der Waals surface area contributed by atoms with Gasteiger partial charge in [-0.25, -0.2) is 19.9 Å². The van der Waals surface area contributed by atoms with Crippen LogP contribution in [0.1, 0.15) is 23.6 Å². The highest BCUT2D eigenvalue weighted by Gasteiger charge is 2.22. The van der Waals surface area contributed by atoms with Crippen LogP contribution in [0.5, 0.6) is 0 Å². The molecule has 0 radical (unpaired) electrons. The van der Waals surface area contributed by atoms with E-state index >= 15 is 0 Å². The molecule has 8 aromatic rings. The Hall–Kier alpha value is -6.47. The summed E-state index contributed by atoms with van der Waals surface area (Å²) in [6.07, 6.45) is 13.1. The van der Waals surface area contributed by atoms with Gasteiger partial charge in [0, 0.05) is 40.8 Å². The molecule has 7 nitrogen and oxygen atoms in total. The van der Waals surface area contributed by atoms with Crippen molar-refractivity contribution in [3.63, 3.8) is 0 Å². The Balaban J connectivity index is 1.52. The number of rotatable bonds is 6. The number of aryl methyl sites for hydroxylation is 2. The predicted molar refractivity (Wildman–Crippen MR) is 200 cm³/mol. The Labute approximate surface area is 283 Å². The smallest absolute Gasteiger partial charge is 0.118 e. The normalized spacial score (nSPS) is 12.1. The zero-order valence-corrected chi connectivity index (χ0v) is 27.4. The minimum Gasteiger partial charge on any atom is -0.256 e. The van der Waals surface area contributed by atoms with Crippen molar-refractivity contribution < 1.29 is 0 Å². The number of benzene rings is 3. The number of hydrogen-bond donors (Lipinski definition) is 0. The molecule has 234 valence electrons. The second-order valence-electron chi connectivity index (χ2n) is 11.9. The van der Waals surface area contributed by atoms with Gasteiger partial charge in [0.05, 0.1) is 50.2 Å². The third kappa shape index (κ3) is 5.12. The van der Waals surface area contributed by atoms with Gasteiger partial charge in [-0.05, 0) is 92.1 Å². The van der Waals surface area contributed by atoms with E-state index < -0.39 is 0 Å². The van der Waals surface area contributed by atoms with E-state index in [1.165, 1.54) is 0 Å². The summed E-state index contributed by atoms with van der Waals surface area (Å²) in [5, 5.41) is 0. The largest absolute Gasteiger partial charge is 0.256 e. The van der Waals surface area contributed by atoms with Crippen molar-refractivity contribution in [2.45, 2.75) is 20.8 Å². The maximum atomic E-state index is 5.43. The molecule has 8 rings (SSSR count). The zero-order chi connectivity index (χ0) is 33.5. The fourth-order valence-electron chi connectivity index (χ4n) is 6.35. The molecule has 5 heterocycles. The second-order valence-corrected chi connectivity index (χ2v) is 11.9. The number of nitrogens with zero attached hydrogens (tertiary/aromatic N) is 7. The van der Waals surface area contributed by atoms with Crippen molar-refractivity contribution in [3.8, 4) is 33.8 Å². The van der Waals surface area contributed by atoms with E-state index in [2.05, 4.69) is 72.6 Å². The first kappa shape index (κ1) is 29.9. The van der Waals surface area contributed by atoms with Crippen molar-refractivity contribution in [3.05, 3.63) is 145 Å². The molecule has 0 N–H and O–H groups in total. The summed E-state index contributed by atoms with van der Waals surface area (Å²) in [7, 11) is 0. The van der Waals surface area contributed by atoms with Crippen molar-refractivity contribution in [2.24, 2.45) is 0 Å². The standard InChI is InChI=1S/C42H31N7/c1-5-6-7-14-25(2)28-18-19-29(32-15-8-11-22-43-32)38-37(28)48-41-35(46-38)26(3)27(4)36-42(41)49-40-31(34-17-10-13-24-45-34)21-20-30(39(40)47-36)33-16-9-12-23-44-33/h5-24H,1H2,2-4H3/b7-6-,25-14+. The molecular weight excluding hydrogens is 603 g/mol. The van der Waals surface area contributed by atoms with Crippen LogP contribution in [0.2, 0.25) is 0 Å². The minimum atomic E-state index is 0.692. The summed E-state index contributed by atoms with van der Waals surface area (Å²) in [5.41, 5.74) is 15.2. The lowest BCUT2D eigenvalue weighted by molar-refractivity contribution is 1.27. The molecule has 0 saturated carbocycles. The van der Waals surface area contributed by atoms with Gasteiger partial charge in [-0.15, -0.1) is 0 Å². The van der Waals surface area contributed by atoms with Crippen molar-refractivity contribution in [1.82, 2.24) is 34.9 Å². The number of hydrogen-bond acceptors (Lipinski definition) is 7. The van der Waals surface area contributed by atoms with Gasteiger partial charge in [0.2, 0.25) is 0 Å². The second kappa shape index (κ2) is 12.3. The monoisotopic (exact) mass is 633 g/mol. The summed E-state index contributed by atoms with van der Waals surface area (Å²) >= 11 is 0. The molecule has 0 amide bonds. The highest BCUT2D eigenvalue weighted by molar-refractivity contribution is 6.12. The quantitative estimate of drug-likeness (QED) is 0.102. The molecule has 0 fully saturated rings. The molecule has 0 unspecified atom stereocenters. The maximum absolute atomic E-state index is 5.43. The Kier molecular flexibility index (Phi) is 7.49. The molecule has 7 heteroatoms. The van der Waals surface area contributed by atoms with E-state index in [-0.39, 0.29) is 0 Å². The van der Waals surface area contributed by atoms with Crippen LogP contribution in [0, 0.1) is 13.8 Å². The summed E-state index contributed by atoms with van der Waals surface area (Å²) < 4.78 is 0. The van der Waals surface area contributed by atoms with Crippen molar-refractivity contribution >= 4 is 49.7 Å². The zero-order valence-electron chi connectivity index (χ0n) is 27.4. The Morgan fingerprint density at radius 2 is 0.918 bits per heavy atom. The van der Waals surface area contributed by atoms with Gasteiger partial charge in [-0.2, -0.15) is 0 Å². The number of allylic oxidation sites excluding steroid dienone is 5. The molecule has 3 aromatic carbocycles. The summed E-state index contributed by atoms with van der Waals surface area (Å²) in [6, 6.07) is 26.0. The van der Waals surface area contributed by atoms with Crippen LogP contribution in [0.25, 0.3) is 83.5 Å². The van der Waals surface area contributed by atoms with Gasteiger partial charge in [0.1, 0.15) is 11.0 Å². The first-order valence-electron chi connectivity index (χ1n) is 16.1. The lowest BCUT2D eigenvalue weighted by Crippen LogP contribution is -2.02. The van der Waals surface area contributed by atoms with E-state index in [1.54, 1.807) is 24.7 Å².